The third kappa shape index (κ3) is 3.24. The zero-order valence-electron chi connectivity index (χ0n) is 12.4. The van der Waals surface area contributed by atoms with Crippen molar-refractivity contribution in [3.05, 3.63) is 28.8 Å². The standard InChI is InChI=1S/C16H25ClN2/c1-5-13-10-19(16(9-18-13)11(2)3)15-7-6-12(4)8-14(15)17/h6-8,11,13,16,18H,5,9-10H2,1-4H3. The molecule has 2 rings (SSSR count). The van der Waals surface area contributed by atoms with Gasteiger partial charge in [-0.1, -0.05) is 38.4 Å². The van der Waals surface area contributed by atoms with E-state index in [1.165, 1.54) is 11.3 Å². The van der Waals surface area contributed by atoms with E-state index in [0.717, 1.165) is 24.5 Å². The molecule has 19 heavy (non-hydrogen) atoms. The summed E-state index contributed by atoms with van der Waals surface area (Å²) in [6.07, 6.45) is 1.16. The topological polar surface area (TPSA) is 15.3 Å². The van der Waals surface area contributed by atoms with E-state index in [9.17, 15) is 0 Å². The minimum atomic E-state index is 0.517. The Morgan fingerprint density at radius 2 is 2.16 bits per heavy atom. The van der Waals surface area contributed by atoms with Gasteiger partial charge < -0.3 is 10.2 Å². The lowest BCUT2D eigenvalue weighted by molar-refractivity contribution is 0.333. The molecule has 0 aliphatic carbocycles. The second-order valence-corrected chi connectivity index (χ2v) is 6.34. The third-order valence-corrected chi connectivity index (χ3v) is 4.41. The lowest BCUT2D eigenvalue weighted by Gasteiger charge is -2.44. The second-order valence-electron chi connectivity index (χ2n) is 5.93. The van der Waals surface area contributed by atoms with E-state index >= 15 is 0 Å². The minimum Gasteiger partial charge on any atom is -0.364 e. The predicted octanol–water partition coefficient (Wildman–Crippen LogP) is 3.86. The summed E-state index contributed by atoms with van der Waals surface area (Å²) in [5.74, 6) is 0.614. The largest absolute Gasteiger partial charge is 0.364 e. The van der Waals surface area contributed by atoms with E-state index in [0.29, 0.717) is 18.0 Å². The highest BCUT2D eigenvalue weighted by atomic mass is 35.5. The van der Waals surface area contributed by atoms with Gasteiger partial charge in [-0.2, -0.15) is 0 Å². The van der Waals surface area contributed by atoms with Crippen LogP contribution in [0.1, 0.15) is 32.8 Å². The van der Waals surface area contributed by atoms with Gasteiger partial charge in [-0.25, -0.2) is 0 Å². The summed E-state index contributed by atoms with van der Waals surface area (Å²) in [5, 5.41) is 4.52. The van der Waals surface area contributed by atoms with E-state index in [2.05, 4.69) is 56.1 Å². The molecule has 0 aromatic heterocycles. The Morgan fingerprint density at radius 3 is 2.74 bits per heavy atom. The molecular formula is C16H25ClN2. The molecule has 1 aliphatic heterocycles. The maximum atomic E-state index is 6.46. The van der Waals surface area contributed by atoms with Crippen LogP contribution in [0.25, 0.3) is 0 Å². The van der Waals surface area contributed by atoms with Crippen molar-refractivity contribution < 1.29 is 0 Å². The average molecular weight is 281 g/mol. The zero-order valence-corrected chi connectivity index (χ0v) is 13.2. The molecule has 1 aromatic carbocycles. The molecule has 0 amide bonds. The zero-order chi connectivity index (χ0) is 14.0. The summed E-state index contributed by atoms with van der Waals surface area (Å²) >= 11 is 6.46. The van der Waals surface area contributed by atoms with Gasteiger partial charge in [0.2, 0.25) is 0 Å². The SMILES string of the molecule is CCC1CN(c2ccc(C)cc2Cl)C(C(C)C)CN1. The summed E-state index contributed by atoms with van der Waals surface area (Å²) in [7, 11) is 0. The number of hydrogen-bond acceptors (Lipinski definition) is 2. The van der Waals surface area contributed by atoms with Crippen LogP contribution in [-0.2, 0) is 0 Å². The summed E-state index contributed by atoms with van der Waals surface area (Å²) in [6.45, 7) is 11.0. The number of nitrogens with one attached hydrogen (secondary N) is 1. The van der Waals surface area contributed by atoms with Crippen LogP contribution < -0.4 is 10.2 Å². The fourth-order valence-electron chi connectivity index (χ4n) is 2.83. The van der Waals surface area contributed by atoms with E-state index in [1.807, 2.05) is 0 Å². The first-order valence-electron chi connectivity index (χ1n) is 7.29. The molecular weight excluding hydrogens is 256 g/mol. The first-order chi connectivity index (χ1) is 9.02. The monoisotopic (exact) mass is 280 g/mol. The number of benzene rings is 1. The molecule has 0 spiro atoms. The van der Waals surface area contributed by atoms with E-state index in [-0.39, 0.29) is 0 Å². The van der Waals surface area contributed by atoms with E-state index in [4.69, 9.17) is 11.6 Å². The predicted molar refractivity (Wildman–Crippen MR) is 84.2 cm³/mol. The lowest BCUT2D eigenvalue weighted by Crippen LogP contribution is -2.58. The minimum absolute atomic E-state index is 0.517. The fourth-order valence-corrected chi connectivity index (χ4v) is 3.17. The Labute approximate surface area is 122 Å². The third-order valence-electron chi connectivity index (χ3n) is 4.11. The molecule has 0 saturated carbocycles. The van der Waals surface area contributed by atoms with Gasteiger partial charge in [0.15, 0.2) is 0 Å². The highest BCUT2D eigenvalue weighted by Gasteiger charge is 2.30. The highest BCUT2D eigenvalue weighted by Crippen LogP contribution is 2.31. The summed E-state index contributed by atoms with van der Waals surface area (Å²) in [5.41, 5.74) is 2.41. The van der Waals surface area contributed by atoms with E-state index in [1.54, 1.807) is 0 Å². The van der Waals surface area contributed by atoms with Gasteiger partial charge in [0.05, 0.1) is 10.7 Å². The fraction of sp³-hybridized carbons (Fsp3) is 0.625. The Hall–Kier alpha value is -0.730. The number of anilines is 1. The average Bonchev–Trinajstić information content (AvgIpc) is 2.38. The van der Waals surface area contributed by atoms with Crippen molar-refractivity contribution in [2.75, 3.05) is 18.0 Å². The summed E-state index contributed by atoms with van der Waals surface area (Å²) < 4.78 is 0. The van der Waals surface area contributed by atoms with Gasteiger partial charge in [0.25, 0.3) is 0 Å². The quantitative estimate of drug-likeness (QED) is 0.904. The molecule has 2 nitrogen and oxygen atoms in total. The molecule has 2 unspecified atom stereocenters. The van der Waals surface area contributed by atoms with Crippen LogP contribution in [0.4, 0.5) is 5.69 Å². The molecule has 1 saturated heterocycles. The second kappa shape index (κ2) is 6.15. The lowest BCUT2D eigenvalue weighted by atomic mass is 9.96. The maximum absolute atomic E-state index is 6.46. The molecule has 2 atom stereocenters. The molecule has 0 radical (unpaired) electrons. The maximum Gasteiger partial charge on any atom is 0.0642 e. The van der Waals surface area contributed by atoms with Crippen LogP contribution in [0.3, 0.4) is 0 Å². The van der Waals surface area contributed by atoms with Crippen molar-refractivity contribution in [3.8, 4) is 0 Å². The van der Waals surface area contributed by atoms with Crippen molar-refractivity contribution in [2.45, 2.75) is 46.2 Å². The smallest absolute Gasteiger partial charge is 0.0642 e. The van der Waals surface area contributed by atoms with Crippen LogP contribution >= 0.6 is 11.6 Å². The number of aryl methyl sites for hydroxylation is 1. The molecule has 106 valence electrons. The van der Waals surface area contributed by atoms with Gasteiger partial charge in [-0.3, -0.25) is 0 Å². The van der Waals surface area contributed by atoms with Crippen molar-refractivity contribution >= 4 is 17.3 Å². The van der Waals surface area contributed by atoms with Crippen molar-refractivity contribution in [1.82, 2.24) is 5.32 Å². The number of nitrogens with zero attached hydrogens (tertiary/aromatic N) is 1. The van der Waals surface area contributed by atoms with Gasteiger partial charge >= 0.3 is 0 Å². The Bertz CT molecular complexity index is 431. The normalized spacial score (nSPS) is 24.0. The van der Waals surface area contributed by atoms with Crippen molar-refractivity contribution in [2.24, 2.45) is 5.92 Å². The molecule has 1 N–H and O–H groups in total. The van der Waals surface area contributed by atoms with Gasteiger partial charge in [-0.05, 0) is 37.0 Å². The van der Waals surface area contributed by atoms with Crippen LogP contribution in [-0.4, -0.2) is 25.2 Å². The first-order valence-corrected chi connectivity index (χ1v) is 7.67. The summed E-state index contributed by atoms with van der Waals surface area (Å²) in [6, 6.07) is 7.47. The van der Waals surface area contributed by atoms with Gasteiger partial charge in [-0.15, -0.1) is 0 Å². The van der Waals surface area contributed by atoms with Crippen LogP contribution in [0.5, 0.6) is 0 Å². The molecule has 0 bridgehead atoms. The molecule has 1 heterocycles. The first kappa shape index (κ1) is 14.7. The molecule has 1 aromatic rings. The molecule has 1 aliphatic rings. The Balaban J connectivity index is 2.30. The van der Waals surface area contributed by atoms with Gasteiger partial charge in [0, 0.05) is 25.2 Å². The summed E-state index contributed by atoms with van der Waals surface area (Å²) in [4.78, 5) is 2.50. The number of piperazine rings is 1. The highest BCUT2D eigenvalue weighted by molar-refractivity contribution is 6.33. The van der Waals surface area contributed by atoms with Crippen LogP contribution in [0.15, 0.2) is 18.2 Å². The van der Waals surface area contributed by atoms with E-state index < -0.39 is 0 Å². The van der Waals surface area contributed by atoms with Crippen LogP contribution in [0, 0.1) is 12.8 Å². The Kier molecular flexibility index (Phi) is 4.75. The van der Waals surface area contributed by atoms with Gasteiger partial charge in [0.1, 0.15) is 0 Å². The number of hydrogen-bond donors (Lipinski definition) is 1. The molecule has 1 fully saturated rings. The van der Waals surface area contributed by atoms with Crippen molar-refractivity contribution in [1.29, 1.82) is 0 Å². The number of halogens is 1. The van der Waals surface area contributed by atoms with Crippen molar-refractivity contribution in [3.63, 3.8) is 0 Å². The van der Waals surface area contributed by atoms with Crippen LogP contribution in [0.2, 0.25) is 5.02 Å². The molecule has 3 heteroatoms. The Morgan fingerprint density at radius 1 is 1.42 bits per heavy atom. The number of rotatable bonds is 3.